The fraction of sp³-hybridized carbons (Fsp3) is 0.526. The summed E-state index contributed by atoms with van der Waals surface area (Å²) < 4.78 is 0. The summed E-state index contributed by atoms with van der Waals surface area (Å²) in [5.41, 5.74) is 0.123. The number of amides is 2. The van der Waals surface area contributed by atoms with Crippen molar-refractivity contribution < 1.29 is 9.59 Å². The SMILES string of the molecule is O=C(c1cc(=O)[nH]c(=O)[nH]1)N1CCC2(CC1)c1nc[nH]c1CCN2C(=O)C1CC1. The van der Waals surface area contributed by atoms with Crippen LogP contribution in [-0.4, -0.2) is 61.2 Å². The number of fused-ring (bicyclic) bond motifs is 2. The van der Waals surface area contributed by atoms with E-state index >= 15 is 0 Å². The second-order valence-electron chi connectivity index (χ2n) is 8.07. The number of nitrogens with one attached hydrogen (secondary N) is 3. The molecule has 1 spiro atoms. The number of rotatable bonds is 2. The van der Waals surface area contributed by atoms with Crippen LogP contribution in [0, 0.1) is 5.92 Å². The topological polar surface area (TPSA) is 135 Å². The Bertz CT molecular complexity index is 1060. The van der Waals surface area contributed by atoms with E-state index in [4.69, 9.17) is 0 Å². The first-order valence-corrected chi connectivity index (χ1v) is 9.95. The molecule has 0 radical (unpaired) electrons. The molecular weight excluding hydrogens is 376 g/mol. The highest BCUT2D eigenvalue weighted by molar-refractivity contribution is 5.92. The summed E-state index contributed by atoms with van der Waals surface area (Å²) in [5, 5.41) is 0. The van der Waals surface area contributed by atoms with Crippen LogP contribution in [-0.2, 0) is 16.8 Å². The molecule has 1 aliphatic carbocycles. The lowest BCUT2D eigenvalue weighted by Crippen LogP contribution is -2.59. The quantitative estimate of drug-likeness (QED) is 0.639. The molecule has 3 N–H and O–H groups in total. The van der Waals surface area contributed by atoms with Gasteiger partial charge in [-0.1, -0.05) is 0 Å². The average molecular weight is 398 g/mol. The molecule has 1 saturated carbocycles. The van der Waals surface area contributed by atoms with Crippen molar-refractivity contribution in [1.29, 1.82) is 0 Å². The van der Waals surface area contributed by atoms with Crippen molar-refractivity contribution in [2.24, 2.45) is 5.92 Å². The number of H-pyrrole nitrogens is 3. The molecule has 152 valence electrons. The predicted molar refractivity (Wildman–Crippen MR) is 101 cm³/mol. The number of piperidine rings is 1. The largest absolute Gasteiger partial charge is 0.348 e. The zero-order valence-corrected chi connectivity index (χ0v) is 15.9. The molecule has 4 heterocycles. The molecule has 2 fully saturated rings. The molecular formula is C19H22N6O4. The van der Waals surface area contributed by atoms with Gasteiger partial charge in [0.15, 0.2) is 0 Å². The van der Waals surface area contributed by atoms with Crippen molar-refractivity contribution in [1.82, 2.24) is 29.7 Å². The Morgan fingerprint density at radius 2 is 1.86 bits per heavy atom. The van der Waals surface area contributed by atoms with E-state index in [2.05, 4.69) is 19.9 Å². The predicted octanol–water partition coefficient (Wildman–Crippen LogP) is -0.287. The van der Waals surface area contributed by atoms with Gasteiger partial charge in [-0.25, -0.2) is 9.78 Å². The number of aromatic amines is 3. The third-order valence-corrected chi connectivity index (χ3v) is 6.32. The third-order valence-electron chi connectivity index (χ3n) is 6.32. The van der Waals surface area contributed by atoms with Crippen LogP contribution >= 0.6 is 0 Å². The van der Waals surface area contributed by atoms with Gasteiger partial charge in [0.1, 0.15) is 5.69 Å². The van der Waals surface area contributed by atoms with Crippen molar-refractivity contribution in [3.05, 3.63) is 50.3 Å². The lowest BCUT2D eigenvalue weighted by molar-refractivity contribution is -0.143. The van der Waals surface area contributed by atoms with Gasteiger partial charge in [0.2, 0.25) is 5.91 Å². The second-order valence-corrected chi connectivity index (χ2v) is 8.07. The summed E-state index contributed by atoms with van der Waals surface area (Å²) in [6, 6.07) is 1.10. The van der Waals surface area contributed by atoms with Crippen LogP contribution in [0.5, 0.6) is 0 Å². The maximum Gasteiger partial charge on any atom is 0.326 e. The van der Waals surface area contributed by atoms with Gasteiger partial charge in [0.05, 0.1) is 17.6 Å². The van der Waals surface area contributed by atoms with Gasteiger partial charge in [-0.3, -0.25) is 19.4 Å². The Morgan fingerprint density at radius 1 is 1.10 bits per heavy atom. The number of likely N-dealkylation sites (tertiary alicyclic amines) is 1. The van der Waals surface area contributed by atoms with E-state index in [1.165, 1.54) is 0 Å². The number of carbonyl (C=O) groups is 2. The van der Waals surface area contributed by atoms with Crippen LogP contribution in [0.15, 0.2) is 22.0 Å². The summed E-state index contributed by atoms with van der Waals surface area (Å²) in [5.74, 6) is -0.0772. The summed E-state index contributed by atoms with van der Waals surface area (Å²) in [4.78, 5) is 64.7. The van der Waals surface area contributed by atoms with Crippen molar-refractivity contribution in [2.75, 3.05) is 19.6 Å². The minimum Gasteiger partial charge on any atom is -0.348 e. The van der Waals surface area contributed by atoms with Gasteiger partial charge in [-0.15, -0.1) is 0 Å². The fourth-order valence-electron chi connectivity index (χ4n) is 4.69. The first-order chi connectivity index (χ1) is 14.0. The fourth-order valence-corrected chi connectivity index (χ4v) is 4.69. The Kier molecular flexibility index (Phi) is 3.97. The van der Waals surface area contributed by atoms with Crippen LogP contribution in [0.3, 0.4) is 0 Å². The summed E-state index contributed by atoms with van der Waals surface area (Å²) >= 11 is 0. The maximum absolute atomic E-state index is 13.0. The van der Waals surface area contributed by atoms with Crippen molar-refractivity contribution >= 4 is 11.8 Å². The van der Waals surface area contributed by atoms with E-state index in [1.807, 2.05) is 4.90 Å². The molecule has 10 heteroatoms. The van der Waals surface area contributed by atoms with E-state index in [1.54, 1.807) is 11.2 Å². The number of nitrogens with zero attached hydrogens (tertiary/aromatic N) is 3. The van der Waals surface area contributed by atoms with E-state index in [-0.39, 0.29) is 23.4 Å². The van der Waals surface area contributed by atoms with Crippen LogP contribution in [0.1, 0.15) is 47.6 Å². The van der Waals surface area contributed by atoms with Crippen molar-refractivity contribution in [3.8, 4) is 0 Å². The summed E-state index contributed by atoms with van der Waals surface area (Å²) in [7, 11) is 0. The summed E-state index contributed by atoms with van der Waals surface area (Å²) in [6.45, 7) is 1.47. The van der Waals surface area contributed by atoms with Gasteiger partial charge >= 0.3 is 5.69 Å². The molecule has 29 heavy (non-hydrogen) atoms. The minimum atomic E-state index is -0.705. The lowest BCUT2D eigenvalue weighted by Gasteiger charge is -2.50. The molecule has 2 amide bonds. The number of aromatic nitrogens is 4. The van der Waals surface area contributed by atoms with Gasteiger partial charge in [0, 0.05) is 43.7 Å². The normalized spacial score (nSPS) is 20.6. The maximum atomic E-state index is 13.0. The molecule has 1 saturated heterocycles. The van der Waals surface area contributed by atoms with E-state index in [0.29, 0.717) is 32.5 Å². The highest BCUT2D eigenvalue weighted by Crippen LogP contribution is 2.45. The first-order valence-electron chi connectivity index (χ1n) is 9.95. The Morgan fingerprint density at radius 3 is 2.55 bits per heavy atom. The molecule has 5 rings (SSSR count). The molecule has 2 aromatic heterocycles. The van der Waals surface area contributed by atoms with Gasteiger partial charge in [-0.2, -0.15) is 0 Å². The molecule has 0 atom stereocenters. The molecule has 2 aliphatic heterocycles. The first kappa shape index (κ1) is 17.9. The van der Waals surface area contributed by atoms with Gasteiger partial charge in [0.25, 0.3) is 11.5 Å². The number of imidazole rings is 1. The van der Waals surface area contributed by atoms with E-state index < -0.39 is 16.8 Å². The van der Waals surface area contributed by atoms with Crippen LogP contribution in [0.25, 0.3) is 0 Å². The highest BCUT2D eigenvalue weighted by Gasteiger charge is 2.51. The smallest absolute Gasteiger partial charge is 0.326 e. The zero-order valence-electron chi connectivity index (χ0n) is 15.9. The third kappa shape index (κ3) is 2.90. The monoisotopic (exact) mass is 398 g/mol. The number of hydrogen-bond acceptors (Lipinski definition) is 5. The Hall–Kier alpha value is -3.17. The van der Waals surface area contributed by atoms with E-state index in [9.17, 15) is 19.2 Å². The van der Waals surface area contributed by atoms with Crippen LogP contribution in [0.2, 0.25) is 0 Å². The molecule has 10 nitrogen and oxygen atoms in total. The lowest BCUT2D eigenvalue weighted by atomic mass is 9.78. The molecule has 3 aliphatic rings. The standard InChI is InChI=1S/C19H22N6O4/c26-14-9-13(22-18(29)23-14)17(28)24-7-4-19(5-8-24)15-12(20-10-21-15)3-6-25(19)16(27)11-1-2-11/h9-11H,1-8H2,(H,20,21)(H2,22,23,26,29). The van der Waals surface area contributed by atoms with Crippen LogP contribution < -0.4 is 11.2 Å². The van der Waals surface area contributed by atoms with E-state index in [0.717, 1.165) is 36.7 Å². The minimum absolute atomic E-state index is 0.0234. The summed E-state index contributed by atoms with van der Waals surface area (Å²) in [6.07, 6.45) is 5.46. The molecule has 0 unspecified atom stereocenters. The van der Waals surface area contributed by atoms with Crippen LogP contribution in [0.4, 0.5) is 0 Å². The molecule has 0 bridgehead atoms. The van der Waals surface area contributed by atoms with Crippen molar-refractivity contribution in [3.63, 3.8) is 0 Å². The Labute approximate surface area is 165 Å². The highest BCUT2D eigenvalue weighted by atomic mass is 16.2. The average Bonchev–Trinajstić information content (AvgIpc) is 3.44. The zero-order chi connectivity index (χ0) is 20.2. The number of carbonyl (C=O) groups excluding carboxylic acids is 2. The van der Waals surface area contributed by atoms with Gasteiger partial charge < -0.3 is 19.8 Å². The Balaban J connectivity index is 1.42. The molecule has 0 aromatic carbocycles. The van der Waals surface area contributed by atoms with Crippen molar-refractivity contribution in [2.45, 2.75) is 37.6 Å². The van der Waals surface area contributed by atoms with Gasteiger partial charge in [-0.05, 0) is 25.7 Å². The molecule has 2 aromatic rings. The second kappa shape index (κ2) is 6.43. The number of hydrogen-bond donors (Lipinski definition) is 3.